The summed E-state index contributed by atoms with van der Waals surface area (Å²) in [6.45, 7) is 3.09. The van der Waals surface area contributed by atoms with Crippen LogP contribution in [0.4, 0.5) is 0 Å². The van der Waals surface area contributed by atoms with Gasteiger partial charge in [-0.25, -0.2) is 0 Å². The minimum Gasteiger partial charge on any atom is -0.424 e. The van der Waals surface area contributed by atoms with Gasteiger partial charge in [0.1, 0.15) is 0 Å². The van der Waals surface area contributed by atoms with E-state index in [1.54, 1.807) is 0 Å². The van der Waals surface area contributed by atoms with Gasteiger partial charge in [-0.2, -0.15) is 0 Å². The molecule has 1 unspecified atom stereocenters. The van der Waals surface area contributed by atoms with Gasteiger partial charge in [0.2, 0.25) is 0 Å². The van der Waals surface area contributed by atoms with Gasteiger partial charge in [-0.05, 0) is 39.3 Å². The van der Waals surface area contributed by atoms with Gasteiger partial charge in [0, 0.05) is 12.6 Å². The van der Waals surface area contributed by atoms with E-state index in [2.05, 4.69) is 11.9 Å². The maximum Gasteiger partial charge on any atom is 0.161 e. The van der Waals surface area contributed by atoms with Gasteiger partial charge in [0.05, 0.1) is 6.17 Å². The Balaban J connectivity index is 0.000000146. The first-order valence-electron chi connectivity index (χ1n) is 5.77. The molecule has 2 aliphatic rings. The predicted octanol–water partition coefficient (Wildman–Crippen LogP) is 0.684. The number of hydrogen-bond donors (Lipinski definition) is 1. The molecule has 2 fully saturated rings. The van der Waals surface area contributed by atoms with Crippen molar-refractivity contribution in [2.24, 2.45) is 5.73 Å². The summed E-state index contributed by atoms with van der Waals surface area (Å²) in [5, 5.41) is 0. The molecule has 1 saturated carbocycles. The minimum atomic E-state index is 0.00849. The molecule has 1 atom stereocenters. The van der Waals surface area contributed by atoms with E-state index in [9.17, 15) is 0 Å². The normalized spacial score (nSPS) is 25.7. The fraction of sp³-hybridized carbons (Fsp3) is 1.00. The average Bonchev–Trinajstić information content (AvgIpc) is 3.03. The van der Waals surface area contributed by atoms with Gasteiger partial charge in [-0.3, -0.25) is 4.90 Å². The van der Waals surface area contributed by atoms with Gasteiger partial charge in [0.15, 0.2) is 9.76 Å². The minimum absolute atomic E-state index is 0.00849. The van der Waals surface area contributed by atoms with Crippen LogP contribution in [0.5, 0.6) is 0 Å². The highest BCUT2D eigenvalue weighted by atomic mass is 28.2. The van der Waals surface area contributed by atoms with Crippen LogP contribution in [0.2, 0.25) is 6.04 Å². The van der Waals surface area contributed by atoms with Crippen LogP contribution >= 0.6 is 0 Å². The molecule has 3 nitrogen and oxygen atoms in total. The molecule has 0 radical (unpaired) electrons. The van der Waals surface area contributed by atoms with E-state index in [1.165, 1.54) is 31.7 Å². The molecular weight excluding hydrogens is 192 g/mol. The first-order valence-corrected chi connectivity index (χ1v) is 7.35. The van der Waals surface area contributed by atoms with Crippen molar-refractivity contribution in [2.75, 3.05) is 13.7 Å². The van der Waals surface area contributed by atoms with E-state index in [1.807, 2.05) is 6.92 Å². The number of nitrogens with zero attached hydrogens (tertiary/aromatic N) is 1. The highest BCUT2D eigenvalue weighted by Gasteiger charge is 2.27. The van der Waals surface area contributed by atoms with Crippen molar-refractivity contribution in [1.29, 1.82) is 0 Å². The largest absolute Gasteiger partial charge is 0.424 e. The Labute approximate surface area is 89.9 Å². The summed E-state index contributed by atoms with van der Waals surface area (Å²) in [5.74, 6) is 0. The zero-order valence-corrected chi connectivity index (χ0v) is 11.0. The smallest absolute Gasteiger partial charge is 0.161 e. The van der Waals surface area contributed by atoms with Crippen molar-refractivity contribution in [3.8, 4) is 0 Å². The first-order chi connectivity index (χ1) is 6.72. The number of rotatable bonds is 2. The molecule has 0 bridgehead atoms. The Bertz CT molecular complexity index is 134. The van der Waals surface area contributed by atoms with E-state index in [0.717, 1.165) is 12.6 Å². The standard InChI is InChI=1S/C6H14N2.C4H10OSi/c1-5(7)8(2)6-3-4-6;1-2-4-6-5-3-1/h5-6H,3-4,7H2,1-2H3;1-4,6H2. The lowest BCUT2D eigenvalue weighted by molar-refractivity contribution is 0.253. The van der Waals surface area contributed by atoms with E-state index < -0.39 is 0 Å². The fourth-order valence-corrected chi connectivity index (χ4v) is 2.67. The molecule has 1 aliphatic heterocycles. The van der Waals surface area contributed by atoms with Crippen molar-refractivity contribution >= 4 is 9.76 Å². The molecule has 0 aromatic heterocycles. The molecule has 0 spiro atoms. The van der Waals surface area contributed by atoms with Crippen molar-refractivity contribution in [3.63, 3.8) is 0 Å². The Morgan fingerprint density at radius 1 is 1.43 bits per heavy atom. The molecule has 1 aliphatic carbocycles. The highest BCUT2D eigenvalue weighted by molar-refractivity contribution is 6.27. The van der Waals surface area contributed by atoms with E-state index in [0.29, 0.717) is 0 Å². The number of nitrogens with two attached hydrogens (primary N) is 1. The summed E-state index contributed by atoms with van der Waals surface area (Å²) in [5.41, 5.74) is 5.60. The second kappa shape index (κ2) is 6.56. The number of hydrogen-bond acceptors (Lipinski definition) is 3. The van der Waals surface area contributed by atoms with Crippen LogP contribution in [0.25, 0.3) is 0 Å². The van der Waals surface area contributed by atoms with Crippen molar-refractivity contribution in [2.45, 2.75) is 50.9 Å². The van der Waals surface area contributed by atoms with Gasteiger partial charge in [0.25, 0.3) is 0 Å². The SMILES string of the molecule is C1CC[SiH2]OC1.CC(N)N(C)C1CC1. The lowest BCUT2D eigenvalue weighted by Crippen LogP contribution is -2.37. The second-order valence-corrected chi connectivity index (χ2v) is 5.83. The van der Waals surface area contributed by atoms with Gasteiger partial charge in [-0.15, -0.1) is 0 Å². The molecule has 14 heavy (non-hydrogen) atoms. The fourth-order valence-electron chi connectivity index (χ4n) is 1.50. The molecule has 1 saturated heterocycles. The summed E-state index contributed by atoms with van der Waals surface area (Å²) in [7, 11) is 2.09. The summed E-state index contributed by atoms with van der Waals surface area (Å²) in [6.07, 6.45) is 5.68. The van der Waals surface area contributed by atoms with Crippen molar-refractivity contribution < 1.29 is 4.43 Å². The maximum atomic E-state index is 5.60. The van der Waals surface area contributed by atoms with E-state index >= 15 is 0 Å². The van der Waals surface area contributed by atoms with Gasteiger partial charge >= 0.3 is 0 Å². The first kappa shape index (κ1) is 12.2. The average molecular weight is 216 g/mol. The third-order valence-electron chi connectivity index (χ3n) is 2.84. The monoisotopic (exact) mass is 216 g/mol. The Hall–Kier alpha value is 0.0969. The Morgan fingerprint density at radius 2 is 2.14 bits per heavy atom. The van der Waals surface area contributed by atoms with Crippen LogP contribution in [0.3, 0.4) is 0 Å². The molecule has 2 rings (SSSR count). The van der Waals surface area contributed by atoms with Crippen LogP contribution in [-0.4, -0.2) is 40.5 Å². The molecule has 0 aromatic rings. The zero-order chi connectivity index (χ0) is 10.4. The molecule has 84 valence electrons. The molecule has 1 heterocycles. The summed E-state index contributed by atoms with van der Waals surface area (Å²) < 4.78 is 5.21. The van der Waals surface area contributed by atoms with Crippen LogP contribution in [0.1, 0.15) is 32.6 Å². The van der Waals surface area contributed by atoms with Crippen LogP contribution in [-0.2, 0) is 4.43 Å². The van der Waals surface area contributed by atoms with Crippen LogP contribution in [0, 0.1) is 0 Å². The zero-order valence-electron chi connectivity index (χ0n) is 9.54. The van der Waals surface area contributed by atoms with Crippen molar-refractivity contribution in [3.05, 3.63) is 0 Å². The van der Waals surface area contributed by atoms with Crippen LogP contribution < -0.4 is 5.73 Å². The van der Waals surface area contributed by atoms with Crippen molar-refractivity contribution in [1.82, 2.24) is 4.90 Å². The Kier molecular flexibility index (Phi) is 5.70. The molecule has 0 amide bonds. The Morgan fingerprint density at radius 3 is 2.29 bits per heavy atom. The second-order valence-electron chi connectivity index (χ2n) is 4.31. The summed E-state index contributed by atoms with van der Waals surface area (Å²) in [4.78, 5) is 2.22. The highest BCUT2D eigenvalue weighted by Crippen LogP contribution is 2.25. The van der Waals surface area contributed by atoms with Crippen LogP contribution in [0.15, 0.2) is 0 Å². The summed E-state index contributed by atoms with van der Waals surface area (Å²) in [6, 6.07) is 2.22. The topological polar surface area (TPSA) is 38.5 Å². The third-order valence-corrected chi connectivity index (χ3v) is 4.21. The lowest BCUT2D eigenvalue weighted by Gasteiger charge is -2.19. The van der Waals surface area contributed by atoms with E-state index in [-0.39, 0.29) is 15.9 Å². The maximum absolute atomic E-state index is 5.60. The van der Waals surface area contributed by atoms with Gasteiger partial charge in [-0.1, -0.05) is 6.42 Å². The predicted molar refractivity (Wildman–Crippen MR) is 63.0 cm³/mol. The molecule has 0 aromatic carbocycles. The van der Waals surface area contributed by atoms with Gasteiger partial charge < -0.3 is 10.2 Å². The molecular formula is C10H24N2OSi. The quantitative estimate of drug-likeness (QED) is 0.545. The van der Waals surface area contributed by atoms with E-state index in [4.69, 9.17) is 10.2 Å². The molecule has 2 N–H and O–H groups in total. The summed E-state index contributed by atoms with van der Waals surface area (Å²) >= 11 is 0. The lowest BCUT2D eigenvalue weighted by atomic mass is 10.4. The molecule has 4 heteroatoms. The third kappa shape index (κ3) is 5.10.